The molecule has 0 amide bonds. The van der Waals surface area contributed by atoms with Crippen LogP contribution >= 0.6 is 11.3 Å². The standard InChI is InChI=1S/C14H24N2O3S2/c1-11(2)19-8-9-21(17,18)16-6-4-13(5-7-16)14-15-12(3)10-20-14/h10-11,13H,4-9H2,1-3H3. The molecule has 21 heavy (non-hydrogen) atoms. The first-order valence-corrected chi connectivity index (χ1v) is 9.89. The highest BCUT2D eigenvalue weighted by atomic mass is 32.2. The third-order valence-electron chi connectivity index (χ3n) is 3.63. The molecule has 1 aliphatic rings. The van der Waals surface area contributed by atoms with Gasteiger partial charge in [0.2, 0.25) is 10.0 Å². The van der Waals surface area contributed by atoms with Crippen molar-refractivity contribution >= 4 is 21.4 Å². The lowest BCUT2D eigenvalue weighted by Crippen LogP contribution is -2.40. The normalized spacial score (nSPS) is 18.5. The summed E-state index contributed by atoms with van der Waals surface area (Å²) in [5.74, 6) is 0.480. The average molecular weight is 332 g/mol. The number of piperidine rings is 1. The summed E-state index contributed by atoms with van der Waals surface area (Å²) in [6, 6.07) is 0. The molecule has 0 spiro atoms. The van der Waals surface area contributed by atoms with E-state index in [2.05, 4.69) is 10.4 Å². The predicted octanol–water partition coefficient (Wildman–Crippen LogP) is 2.39. The van der Waals surface area contributed by atoms with E-state index in [-0.39, 0.29) is 18.5 Å². The maximum absolute atomic E-state index is 12.2. The molecule has 0 atom stereocenters. The monoisotopic (exact) mass is 332 g/mol. The first-order valence-electron chi connectivity index (χ1n) is 7.40. The van der Waals surface area contributed by atoms with E-state index in [1.54, 1.807) is 15.6 Å². The molecule has 1 fully saturated rings. The van der Waals surface area contributed by atoms with Crippen molar-refractivity contribution in [3.63, 3.8) is 0 Å². The van der Waals surface area contributed by atoms with Gasteiger partial charge in [0.1, 0.15) is 0 Å². The lowest BCUT2D eigenvalue weighted by Gasteiger charge is -2.30. The van der Waals surface area contributed by atoms with Crippen molar-refractivity contribution in [2.75, 3.05) is 25.4 Å². The molecule has 0 aliphatic carbocycles. The van der Waals surface area contributed by atoms with Gasteiger partial charge in [-0.05, 0) is 33.6 Å². The van der Waals surface area contributed by atoms with E-state index in [4.69, 9.17) is 4.74 Å². The number of sulfonamides is 1. The minimum atomic E-state index is -3.19. The zero-order valence-corrected chi connectivity index (χ0v) is 14.5. The molecule has 1 aromatic heterocycles. The third kappa shape index (κ3) is 4.74. The molecule has 0 bridgehead atoms. The van der Waals surface area contributed by atoms with Gasteiger partial charge >= 0.3 is 0 Å². The number of ether oxygens (including phenoxy) is 1. The van der Waals surface area contributed by atoms with Crippen LogP contribution in [0.25, 0.3) is 0 Å². The van der Waals surface area contributed by atoms with Crippen molar-refractivity contribution in [1.29, 1.82) is 0 Å². The van der Waals surface area contributed by atoms with Gasteiger partial charge in [0.25, 0.3) is 0 Å². The minimum Gasteiger partial charge on any atom is -0.378 e. The van der Waals surface area contributed by atoms with Crippen LogP contribution in [-0.4, -0.2) is 49.3 Å². The highest BCUT2D eigenvalue weighted by Crippen LogP contribution is 2.31. The highest BCUT2D eigenvalue weighted by molar-refractivity contribution is 7.89. The summed E-state index contributed by atoms with van der Waals surface area (Å²) in [7, 11) is -3.19. The lowest BCUT2D eigenvalue weighted by atomic mass is 9.99. The number of aromatic nitrogens is 1. The molecule has 0 unspecified atom stereocenters. The fourth-order valence-corrected chi connectivity index (χ4v) is 4.76. The van der Waals surface area contributed by atoms with Crippen molar-refractivity contribution in [1.82, 2.24) is 9.29 Å². The first-order chi connectivity index (χ1) is 9.88. The largest absolute Gasteiger partial charge is 0.378 e. The SMILES string of the molecule is Cc1csc(C2CCN(S(=O)(=O)CCOC(C)C)CC2)n1. The van der Waals surface area contributed by atoms with Crippen LogP contribution in [0.3, 0.4) is 0 Å². The topological polar surface area (TPSA) is 59.5 Å². The predicted molar refractivity (Wildman–Crippen MR) is 85.3 cm³/mol. The molecule has 7 heteroatoms. The molecule has 1 aromatic rings. The van der Waals surface area contributed by atoms with Crippen LogP contribution in [-0.2, 0) is 14.8 Å². The first kappa shape index (κ1) is 16.9. The summed E-state index contributed by atoms with van der Waals surface area (Å²) in [4.78, 5) is 4.52. The number of nitrogens with zero attached hydrogens (tertiary/aromatic N) is 2. The van der Waals surface area contributed by atoms with E-state index in [9.17, 15) is 8.42 Å². The Morgan fingerprint density at radius 2 is 2.10 bits per heavy atom. The Labute approximate surface area is 131 Å². The molecular weight excluding hydrogens is 308 g/mol. The zero-order chi connectivity index (χ0) is 15.5. The molecule has 0 aromatic carbocycles. The van der Waals surface area contributed by atoms with Gasteiger partial charge in [-0.3, -0.25) is 0 Å². The summed E-state index contributed by atoms with van der Waals surface area (Å²) >= 11 is 1.68. The molecule has 5 nitrogen and oxygen atoms in total. The Bertz CT molecular complexity index is 546. The molecule has 2 rings (SSSR count). The van der Waals surface area contributed by atoms with Crippen LogP contribution in [0.4, 0.5) is 0 Å². The Balaban J connectivity index is 1.85. The van der Waals surface area contributed by atoms with Crippen LogP contribution < -0.4 is 0 Å². The molecule has 0 saturated carbocycles. The Morgan fingerprint density at radius 1 is 1.43 bits per heavy atom. The van der Waals surface area contributed by atoms with Crippen LogP contribution in [0, 0.1) is 6.92 Å². The second-order valence-corrected chi connectivity index (χ2v) is 8.71. The molecular formula is C14H24N2O3S2. The van der Waals surface area contributed by atoms with Gasteiger partial charge in [-0.1, -0.05) is 0 Å². The Hall–Kier alpha value is -0.500. The quantitative estimate of drug-likeness (QED) is 0.802. The summed E-state index contributed by atoms with van der Waals surface area (Å²) in [5.41, 5.74) is 1.05. The summed E-state index contributed by atoms with van der Waals surface area (Å²) < 4.78 is 31.4. The molecule has 2 heterocycles. The van der Waals surface area contributed by atoms with E-state index in [0.717, 1.165) is 23.5 Å². The van der Waals surface area contributed by atoms with Crippen LogP contribution in [0.5, 0.6) is 0 Å². The lowest BCUT2D eigenvalue weighted by molar-refractivity contribution is 0.0905. The van der Waals surface area contributed by atoms with Crippen molar-refractivity contribution in [2.24, 2.45) is 0 Å². The molecule has 1 aliphatic heterocycles. The van der Waals surface area contributed by atoms with E-state index in [1.165, 1.54) is 0 Å². The van der Waals surface area contributed by atoms with Crippen molar-refractivity contribution in [3.8, 4) is 0 Å². The number of rotatable bonds is 6. The van der Waals surface area contributed by atoms with Crippen molar-refractivity contribution < 1.29 is 13.2 Å². The fraction of sp³-hybridized carbons (Fsp3) is 0.786. The van der Waals surface area contributed by atoms with Gasteiger partial charge in [0.15, 0.2) is 0 Å². The zero-order valence-electron chi connectivity index (χ0n) is 12.9. The summed E-state index contributed by atoms with van der Waals surface area (Å²) in [6.45, 7) is 7.27. The van der Waals surface area contributed by atoms with E-state index in [0.29, 0.717) is 19.0 Å². The van der Waals surface area contributed by atoms with Crippen molar-refractivity contribution in [2.45, 2.75) is 45.6 Å². The van der Waals surface area contributed by atoms with Gasteiger partial charge in [-0.25, -0.2) is 17.7 Å². The van der Waals surface area contributed by atoms with Crippen LogP contribution in [0.15, 0.2) is 5.38 Å². The Morgan fingerprint density at radius 3 is 2.62 bits per heavy atom. The molecule has 120 valence electrons. The second-order valence-electron chi connectivity index (χ2n) is 5.74. The van der Waals surface area contributed by atoms with Crippen LogP contribution in [0.1, 0.15) is 43.3 Å². The maximum atomic E-state index is 12.2. The fourth-order valence-electron chi connectivity index (χ4n) is 2.46. The van der Waals surface area contributed by atoms with E-state index < -0.39 is 10.0 Å². The minimum absolute atomic E-state index is 0.0686. The number of hydrogen-bond acceptors (Lipinski definition) is 5. The maximum Gasteiger partial charge on any atom is 0.216 e. The summed E-state index contributed by atoms with van der Waals surface area (Å²) in [5, 5.41) is 3.20. The molecule has 0 N–H and O–H groups in total. The second kappa shape index (κ2) is 7.17. The average Bonchev–Trinajstić information content (AvgIpc) is 2.85. The number of thiazole rings is 1. The number of aryl methyl sites for hydroxylation is 1. The third-order valence-corrected chi connectivity index (χ3v) is 6.59. The van der Waals surface area contributed by atoms with Gasteiger partial charge in [-0.2, -0.15) is 0 Å². The van der Waals surface area contributed by atoms with Gasteiger partial charge in [-0.15, -0.1) is 11.3 Å². The Kier molecular flexibility index (Phi) is 5.76. The summed E-state index contributed by atoms with van der Waals surface area (Å²) in [6.07, 6.45) is 1.79. The molecule has 1 saturated heterocycles. The van der Waals surface area contributed by atoms with E-state index in [1.807, 2.05) is 20.8 Å². The van der Waals surface area contributed by atoms with Gasteiger partial charge < -0.3 is 4.74 Å². The van der Waals surface area contributed by atoms with Gasteiger partial charge in [0.05, 0.1) is 23.5 Å². The van der Waals surface area contributed by atoms with Crippen LogP contribution in [0.2, 0.25) is 0 Å². The van der Waals surface area contributed by atoms with Gasteiger partial charge in [0, 0.05) is 30.1 Å². The van der Waals surface area contributed by atoms with Crippen molar-refractivity contribution in [3.05, 3.63) is 16.1 Å². The highest BCUT2D eigenvalue weighted by Gasteiger charge is 2.29. The van der Waals surface area contributed by atoms with E-state index >= 15 is 0 Å². The number of hydrogen-bond donors (Lipinski definition) is 0. The molecule has 0 radical (unpaired) electrons. The smallest absolute Gasteiger partial charge is 0.216 e.